The van der Waals surface area contributed by atoms with Gasteiger partial charge in [-0.3, -0.25) is 0 Å². The molecule has 3 N–H and O–H groups in total. The molecule has 2 aromatic rings. The van der Waals surface area contributed by atoms with Crippen molar-refractivity contribution in [1.29, 1.82) is 0 Å². The summed E-state index contributed by atoms with van der Waals surface area (Å²) in [6.07, 6.45) is -3.90. The SMILES string of the molecule is CC(C)(C)OC(=O)N1CCCC1CNS(=O)(=O)c1ccc(-c2c(Cl)cc(N)cc2C(F)(F)F)cc1. The van der Waals surface area contributed by atoms with Crippen LogP contribution in [0.4, 0.5) is 23.7 Å². The maximum atomic E-state index is 13.5. The number of nitrogens with zero attached hydrogens (tertiary/aromatic N) is 1. The van der Waals surface area contributed by atoms with Gasteiger partial charge in [-0.25, -0.2) is 17.9 Å². The number of sulfonamides is 1. The van der Waals surface area contributed by atoms with E-state index in [1.54, 1.807) is 20.8 Å². The number of anilines is 1. The summed E-state index contributed by atoms with van der Waals surface area (Å²) in [7, 11) is -3.99. The van der Waals surface area contributed by atoms with Crippen LogP contribution in [0, 0.1) is 0 Å². The molecule has 7 nitrogen and oxygen atoms in total. The molecule has 0 radical (unpaired) electrons. The van der Waals surface area contributed by atoms with E-state index < -0.39 is 33.5 Å². The monoisotopic (exact) mass is 533 g/mol. The molecule has 1 saturated heterocycles. The van der Waals surface area contributed by atoms with Gasteiger partial charge in [-0.2, -0.15) is 13.2 Å². The molecule has 3 rings (SSSR count). The number of amides is 1. The van der Waals surface area contributed by atoms with Crippen LogP contribution >= 0.6 is 11.6 Å². The van der Waals surface area contributed by atoms with Crippen molar-refractivity contribution in [2.45, 2.75) is 56.3 Å². The van der Waals surface area contributed by atoms with Crippen LogP contribution in [-0.2, 0) is 20.9 Å². The summed E-state index contributed by atoms with van der Waals surface area (Å²) in [5.41, 5.74) is 3.50. The average Bonchev–Trinajstić information content (AvgIpc) is 3.19. The second kappa shape index (κ2) is 9.87. The van der Waals surface area contributed by atoms with Crippen molar-refractivity contribution in [3.05, 3.63) is 47.0 Å². The topological polar surface area (TPSA) is 102 Å². The number of rotatable bonds is 5. The quantitative estimate of drug-likeness (QED) is 0.509. The van der Waals surface area contributed by atoms with E-state index in [4.69, 9.17) is 22.1 Å². The highest BCUT2D eigenvalue weighted by Crippen LogP contribution is 2.42. The van der Waals surface area contributed by atoms with Gasteiger partial charge >= 0.3 is 12.3 Å². The molecule has 1 atom stereocenters. The molecule has 0 aromatic heterocycles. The highest BCUT2D eigenvalue weighted by molar-refractivity contribution is 7.89. The molecule has 1 amide bonds. The van der Waals surface area contributed by atoms with Gasteiger partial charge < -0.3 is 15.4 Å². The van der Waals surface area contributed by atoms with E-state index >= 15 is 0 Å². The number of hydrogen-bond acceptors (Lipinski definition) is 5. The molecule has 1 aliphatic rings. The lowest BCUT2D eigenvalue weighted by Crippen LogP contribution is -2.45. The van der Waals surface area contributed by atoms with Crippen LogP contribution in [0.2, 0.25) is 5.02 Å². The number of nitrogens with two attached hydrogens (primary N) is 1. The lowest BCUT2D eigenvalue weighted by Gasteiger charge is -2.28. The van der Waals surface area contributed by atoms with Gasteiger partial charge in [-0.05, 0) is 63.4 Å². The zero-order valence-corrected chi connectivity index (χ0v) is 21.0. The predicted octanol–water partition coefficient (Wildman–Crippen LogP) is 5.29. The first-order chi connectivity index (χ1) is 16.1. The fourth-order valence-corrected chi connectivity index (χ4v) is 5.25. The van der Waals surface area contributed by atoms with Gasteiger partial charge in [0.25, 0.3) is 0 Å². The number of likely N-dealkylation sites (tertiary alicyclic amines) is 1. The summed E-state index contributed by atoms with van der Waals surface area (Å²) in [5.74, 6) is 0. The molecule has 35 heavy (non-hydrogen) atoms. The molecule has 1 unspecified atom stereocenters. The Kier molecular flexibility index (Phi) is 7.64. The van der Waals surface area contributed by atoms with Crippen molar-refractivity contribution >= 4 is 33.4 Å². The lowest BCUT2D eigenvalue weighted by atomic mass is 9.98. The number of nitrogens with one attached hydrogen (secondary N) is 1. The number of halogens is 4. The van der Waals surface area contributed by atoms with Crippen LogP contribution in [0.15, 0.2) is 41.3 Å². The first-order valence-corrected chi connectivity index (χ1v) is 12.7. The molecule has 1 fully saturated rings. The maximum absolute atomic E-state index is 13.5. The molecule has 0 spiro atoms. The van der Waals surface area contributed by atoms with Crippen LogP contribution in [0.3, 0.4) is 0 Å². The Morgan fingerprint density at radius 2 is 1.83 bits per heavy atom. The van der Waals surface area contributed by atoms with Gasteiger partial charge in [0.15, 0.2) is 0 Å². The van der Waals surface area contributed by atoms with Gasteiger partial charge in [0.1, 0.15) is 5.60 Å². The van der Waals surface area contributed by atoms with Gasteiger partial charge in [0, 0.05) is 30.4 Å². The molecule has 0 aliphatic carbocycles. The molecular weight excluding hydrogens is 507 g/mol. The van der Waals surface area contributed by atoms with Crippen LogP contribution in [-0.4, -0.2) is 44.1 Å². The summed E-state index contributed by atoms with van der Waals surface area (Å²) < 4.78 is 74.1. The Bertz CT molecular complexity index is 1200. The van der Waals surface area contributed by atoms with E-state index in [0.29, 0.717) is 19.4 Å². The minimum Gasteiger partial charge on any atom is -0.444 e. The first-order valence-electron chi connectivity index (χ1n) is 10.8. The van der Waals surface area contributed by atoms with Crippen molar-refractivity contribution < 1.29 is 31.1 Å². The smallest absolute Gasteiger partial charge is 0.417 e. The normalized spacial score (nSPS) is 17.0. The third kappa shape index (κ3) is 6.59. The largest absolute Gasteiger partial charge is 0.444 e. The Balaban J connectivity index is 1.77. The first kappa shape index (κ1) is 27.1. The Hall–Kier alpha value is -2.50. The van der Waals surface area contributed by atoms with Crippen LogP contribution in [0.1, 0.15) is 39.2 Å². The number of benzene rings is 2. The number of alkyl halides is 3. The maximum Gasteiger partial charge on any atom is 0.417 e. The molecule has 12 heteroatoms. The van der Waals surface area contributed by atoms with E-state index in [9.17, 15) is 26.4 Å². The van der Waals surface area contributed by atoms with Crippen molar-refractivity contribution in [2.24, 2.45) is 0 Å². The molecule has 1 aliphatic heterocycles. The molecular formula is C23H27ClF3N3O4S. The minimum atomic E-state index is -4.71. The predicted molar refractivity (Wildman–Crippen MR) is 127 cm³/mol. The second-order valence-electron chi connectivity index (χ2n) is 9.27. The summed E-state index contributed by atoms with van der Waals surface area (Å²) in [4.78, 5) is 13.8. The molecule has 0 bridgehead atoms. The third-order valence-electron chi connectivity index (χ3n) is 5.39. The van der Waals surface area contributed by atoms with E-state index in [0.717, 1.165) is 6.07 Å². The Morgan fingerprint density at radius 3 is 2.40 bits per heavy atom. The Labute approximate surface area is 207 Å². The fraction of sp³-hybridized carbons (Fsp3) is 0.435. The minimum absolute atomic E-state index is 0.0225. The van der Waals surface area contributed by atoms with Crippen LogP contribution in [0.25, 0.3) is 11.1 Å². The van der Waals surface area contributed by atoms with Gasteiger partial charge in [0.05, 0.1) is 15.5 Å². The number of hydrogen-bond donors (Lipinski definition) is 2. The fourth-order valence-electron chi connectivity index (χ4n) is 3.84. The van der Waals surface area contributed by atoms with Crippen molar-refractivity contribution in [1.82, 2.24) is 9.62 Å². The van der Waals surface area contributed by atoms with E-state index in [2.05, 4.69) is 4.72 Å². The zero-order chi connectivity index (χ0) is 26.2. The number of ether oxygens (including phenoxy) is 1. The molecule has 2 aromatic carbocycles. The number of carbonyl (C=O) groups excluding carboxylic acids is 1. The van der Waals surface area contributed by atoms with Gasteiger partial charge in [0.2, 0.25) is 10.0 Å². The summed E-state index contributed by atoms with van der Waals surface area (Å²) in [6.45, 7) is 5.68. The van der Waals surface area contributed by atoms with Crippen molar-refractivity contribution in [3.63, 3.8) is 0 Å². The second-order valence-corrected chi connectivity index (χ2v) is 11.4. The molecule has 1 heterocycles. The summed E-state index contributed by atoms with van der Waals surface area (Å²) in [5, 5.41) is -0.200. The third-order valence-corrected chi connectivity index (χ3v) is 7.12. The van der Waals surface area contributed by atoms with E-state index in [1.807, 2.05) is 0 Å². The molecule has 0 saturated carbocycles. The highest BCUT2D eigenvalue weighted by atomic mass is 35.5. The standard InChI is InChI=1S/C23H27ClF3N3O4S/c1-22(2,3)34-21(31)30-10-4-5-16(30)13-29-35(32,33)17-8-6-14(7-9-17)20-18(23(25,26)27)11-15(28)12-19(20)24/h6-9,11-12,16,29H,4-5,10,13,28H2,1-3H3. The highest BCUT2D eigenvalue weighted by Gasteiger charge is 2.36. The zero-order valence-electron chi connectivity index (χ0n) is 19.4. The summed E-state index contributed by atoms with van der Waals surface area (Å²) >= 11 is 6.05. The van der Waals surface area contributed by atoms with Gasteiger partial charge in [-0.15, -0.1) is 0 Å². The van der Waals surface area contributed by atoms with Crippen LogP contribution < -0.4 is 10.5 Å². The van der Waals surface area contributed by atoms with Gasteiger partial charge in [-0.1, -0.05) is 23.7 Å². The van der Waals surface area contributed by atoms with Crippen molar-refractivity contribution in [3.8, 4) is 11.1 Å². The molecule has 192 valence electrons. The number of carbonyl (C=O) groups is 1. The lowest BCUT2D eigenvalue weighted by molar-refractivity contribution is -0.137. The Morgan fingerprint density at radius 1 is 1.20 bits per heavy atom. The van der Waals surface area contributed by atoms with E-state index in [1.165, 1.54) is 35.2 Å². The average molecular weight is 534 g/mol. The number of nitrogen functional groups attached to an aromatic ring is 1. The summed E-state index contributed by atoms with van der Waals surface area (Å²) in [6, 6.07) is 6.52. The van der Waals surface area contributed by atoms with Crippen LogP contribution in [0.5, 0.6) is 0 Å². The van der Waals surface area contributed by atoms with E-state index in [-0.39, 0.29) is 39.3 Å². The van der Waals surface area contributed by atoms with Crippen molar-refractivity contribution in [2.75, 3.05) is 18.8 Å².